The molecule has 23 heavy (non-hydrogen) atoms. The van der Waals surface area contributed by atoms with Gasteiger partial charge >= 0.3 is 0 Å². The highest BCUT2D eigenvalue weighted by molar-refractivity contribution is 7.07. The van der Waals surface area contributed by atoms with Crippen LogP contribution >= 0.6 is 11.3 Å². The second kappa shape index (κ2) is 6.41. The lowest BCUT2D eigenvalue weighted by molar-refractivity contribution is -0.384. The van der Waals surface area contributed by atoms with Crippen LogP contribution in [0.15, 0.2) is 62.6 Å². The van der Waals surface area contributed by atoms with Crippen molar-refractivity contribution in [2.75, 3.05) is 7.05 Å². The molecule has 0 aliphatic carbocycles. The summed E-state index contributed by atoms with van der Waals surface area (Å²) in [6.45, 7) is 0. The molecule has 0 saturated carbocycles. The number of benzene rings is 1. The molecule has 0 N–H and O–H groups in total. The molecule has 1 aromatic carbocycles. The van der Waals surface area contributed by atoms with Crippen LogP contribution in [0, 0.1) is 10.1 Å². The standard InChI is InChI=1S/C15H12N4O3S/c1-16-15-18(17-9-13-3-2-8-22-13)14(10-23-15)11-4-6-12(7-5-11)19(20)21/h2-10H,1H3/b16-15?,17-9+. The molecule has 7 nitrogen and oxygen atoms in total. The Bertz CT molecular complexity index is 905. The third-order valence-electron chi connectivity index (χ3n) is 3.09. The normalized spacial score (nSPS) is 12.1. The summed E-state index contributed by atoms with van der Waals surface area (Å²) < 4.78 is 6.90. The predicted octanol–water partition coefficient (Wildman–Crippen LogP) is 3.13. The van der Waals surface area contributed by atoms with Crippen molar-refractivity contribution in [3.05, 3.63) is 68.7 Å². The first kappa shape index (κ1) is 14.9. The van der Waals surface area contributed by atoms with E-state index in [0.717, 1.165) is 11.3 Å². The molecule has 0 aliphatic rings. The molecule has 0 spiro atoms. The zero-order valence-corrected chi connectivity index (χ0v) is 12.9. The van der Waals surface area contributed by atoms with Gasteiger partial charge in [0, 0.05) is 30.1 Å². The van der Waals surface area contributed by atoms with Gasteiger partial charge in [-0.2, -0.15) is 5.10 Å². The minimum absolute atomic E-state index is 0.0509. The average molecular weight is 328 g/mol. The summed E-state index contributed by atoms with van der Waals surface area (Å²) in [7, 11) is 1.68. The molecule has 2 heterocycles. The van der Waals surface area contributed by atoms with E-state index in [-0.39, 0.29) is 5.69 Å². The van der Waals surface area contributed by atoms with Gasteiger partial charge in [0.25, 0.3) is 5.69 Å². The Morgan fingerprint density at radius 1 is 1.30 bits per heavy atom. The maximum atomic E-state index is 10.8. The zero-order chi connectivity index (χ0) is 16.2. The number of rotatable bonds is 4. The Hall–Kier alpha value is -3.00. The van der Waals surface area contributed by atoms with Crippen molar-refractivity contribution in [3.63, 3.8) is 0 Å². The van der Waals surface area contributed by atoms with Gasteiger partial charge in [-0.1, -0.05) is 0 Å². The molecular formula is C15H12N4O3S. The van der Waals surface area contributed by atoms with E-state index >= 15 is 0 Å². The summed E-state index contributed by atoms with van der Waals surface area (Å²) in [5.74, 6) is 0.625. The Balaban J connectivity index is 2.03. The lowest BCUT2D eigenvalue weighted by Gasteiger charge is -2.02. The van der Waals surface area contributed by atoms with E-state index in [9.17, 15) is 10.1 Å². The lowest BCUT2D eigenvalue weighted by atomic mass is 10.1. The highest BCUT2D eigenvalue weighted by atomic mass is 32.1. The third-order valence-corrected chi connectivity index (χ3v) is 4.00. The highest BCUT2D eigenvalue weighted by Crippen LogP contribution is 2.23. The summed E-state index contributed by atoms with van der Waals surface area (Å²) in [6, 6.07) is 9.90. The number of non-ortho nitro benzene ring substituents is 1. The molecule has 116 valence electrons. The van der Waals surface area contributed by atoms with Crippen LogP contribution in [0.25, 0.3) is 11.3 Å². The number of nitro groups is 1. The first-order valence-corrected chi connectivity index (χ1v) is 7.53. The molecule has 0 aliphatic heterocycles. The summed E-state index contributed by atoms with van der Waals surface area (Å²) in [5, 5.41) is 17.1. The molecule has 0 fully saturated rings. The molecule has 8 heteroatoms. The second-order valence-corrected chi connectivity index (χ2v) is 5.34. The Labute approximate surface area is 135 Å². The first-order valence-electron chi connectivity index (χ1n) is 6.65. The van der Waals surface area contributed by atoms with E-state index in [0.29, 0.717) is 10.6 Å². The monoisotopic (exact) mass is 328 g/mol. The second-order valence-electron chi connectivity index (χ2n) is 4.50. The third kappa shape index (κ3) is 3.11. The first-order chi connectivity index (χ1) is 11.2. The Morgan fingerprint density at radius 3 is 2.70 bits per heavy atom. The van der Waals surface area contributed by atoms with Gasteiger partial charge in [-0.25, -0.2) is 4.68 Å². The number of thiazole rings is 1. The maximum Gasteiger partial charge on any atom is 0.269 e. The van der Waals surface area contributed by atoms with Crippen molar-refractivity contribution in [3.8, 4) is 11.3 Å². The van der Waals surface area contributed by atoms with E-state index < -0.39 is 4.92 Å². The van der Waals surface area contributed by atoms with Crippen LogP contribution in [0.4, 0.5) is 5.69 Å². The predicted molar refractivity (Wildman–Crippen MR) is 87.6 cm³/mol. The van der Waals surface area contributed by atoms with Gasteiger partial charge in [-0.05, 0) is 24.3 Å². The van der Waals surface area contributed by atoms with Crippen LogP contribution < -0.4 is 4.80 Å². The maximum absolute atomic E-state index is 10.8. The fraction of sp³-hybridized carbons (Fsp3) is 0.0667. The van der Waals surface area contributed by atoms with E-state index in [2.05, 4.69) is 10.1 Å². The topological polar surface area (TPSA) is 85.9 Å². The summed E-state index contributed by atoms with van der Waals surface area (Å²) in [6.07, 6.45) is 3.16. The zero-order valence-electron chi connectivity index (χ0n) is 12.1. The van der Waals surface area contributed by atoms with E-state index in [1.165, 1.54) is 23.5 Å². The summed E-state index contributed by atoms with van der Waals surface area (Å²) in [5.41, 5.74) is 1.67. The molecule has 0 amide bonds. The van der Waals surface area contributed by atoms with Crippen molar-refractivity contribution in [1.29, 1.82) is 0 Å². The van der Waals surface area contributed by atoms with Gasteiger partial charge in [0.05, 0.1) is 23.1 Å². The molecule has 2 aromatic heterocycles. The van der Waals surface area contributed by atoms with Gasteiger partial charge < -0.3 is 4.42 Å². The van der Waals surface area contributed by atoms with Gasteiger partial charge in [0.2, 0.25) is 4.80 Å². The quantitative estimate of drug-likeness (QED) is 0.419. The van der Waals surface area contributed by atoms with Crippen molar-refractivity contribution in [1.82, 2.24) is 4.68 Å². The molecule has 0 unspecified atom stereocenters. The fourth-order valence-electron chi connectivity index (χ4n) is 1.99. The van der Waals surface area contributed by atoms with E-state index in [1.54, 1.807) is 48.5 Å². The van der Waals surface area contributed by atoms with E-state index in [1.807, 2.05) is 5.38 Å². The molecular weight excluding hydrogens is 316 g/mol. The van der Waals surface area contributed by atoms with Crippen molar-refractivity contribution in [2.45, 2.75) is 0 Å². The molecule has 0 saturated heterocycles. The molecule has 3 rings (SSSR count). The summed E-state index contributed by atoms with van der Waals surface area (Å²) >= 11 is 1.44. The van der Waals surface area contributed by atoms with Crippen LogP contribution in [0.1, 0.15) is 5.76 Å². The van der Waals surface area contributed by atoms with Crippen molar-refractivity contribution < 1.29 is 9.34 Å². The molecule has 0 atom stereocenters. The minimum Gasteiger partial charge on any atom is -0.463 e. The summed E-state index contributed by atoms with van der Waals surface area (Å²) in [4.78, 5) is 15.2. The number of furan rings is 1. The van der Waals surface area contributed by atoms with Crippen molar-refractivity contribution in [2.24, 2.45) is 10.1 Å². The molecule has 0 radical (unpaired) electrons. The van der Waals surface area contributed by atoms with Gasteiger partial charge in [0.15, 0.2) is 0 Å². The smallest absolute Gasteiger partial charge is 0.269 e. The Kier molecular flexibility index (Phi) is 4.15. The number of aromatic nitrogens is 1. The van der Waals surface area contributed by atoms with Crippen LogP contribution in [-0.4, -0.2) is 22.9 Å². The highest BCUT2D eigenvalue weighted by Gasteiger charge is 2.10. The van der Waals surface area contributed by atoms with Crippen LogP contribution in [-0.2, 0) is 0 Å². The number of hydrogen-bond acceptors (Lipinski definition) is 6. The largest absolute Gasteiger partial charge is 0.463 e. The molecule has 3 aromatic rings. The SMILES string of the molecule is CN=c1scc(-c2ccc([N+](=O)[O-])cc2)n1/N=C/c1ccco1. The average Bonchev–Trinajstić information content (AvgIpc) is 3.22. The van der Waals surface area contributed by atoms with Crippen molar-refractivity contribution >= 4 is 23.2 Å². The van der Waals surface area contributed by atoms with Crippen LogP contribution in [0.3, 0.4) is 0 Å². The van der Waals surface area contributed by atoms with Crippen LogP contribution in [0.5, 0.6) is 0 Å². The number of hydrogen-bond donors (Lipinski definition) is 0. The van der Waals surface area contributed by atoms with Gasteiger partial charge in [-0.3, -0.25) is 15.1 Å². The number of nitro benzene ring substituents is 1. The lowest BCUT2D eigenvalue weighted by Crippen LogP contribution is -2.11. The van der Waals surface area contributed by atoms with Gasteiger partial charge in [0.1, 0.15) is 5.76 Å². The van der Waals surface area contributed by atoms with Crippen LogP contribution in [0.2, 0.25) is 0 Å². The fourth-order valence-corrected chi connectivity index (χ4v) is 2.80. The minimum atomic E-state index is -0.423. The molecule has 0 bridgehead atoms. The number of nitrogens with zero attached hydrogens (tertiary/aromatic N) is 4. The Morgan fingerprint density at radius 2 is 2.09 bits per heavy atom. The van der Waals surface area contributed by atoms with E-state index in [4.69, 9.17) is 4.42 Å². The van der Waals surface area contributed by atoms with Gasteiger partial charge in [-0.15, -0.1) is 11.3 Å².